The first-order chi connectivity index (χ1) is 11.2. The number of nitrogens with one attached hydrogen (secondary N) is 1. The Morgan fingerprint density at radius 2 is 1.88 bits per heavy atom. The van der Waals surface area contributed by atoms with Crippen molar-refractivity contribution >= 4 is 17.1 Å². The molecule has 2 heterocycles. The van der Waals surface area contributed by atoms with Gasteiger partial charge in [0.1, 0.15) is 11.4 Å². The Balaban J connectivity index is 1.67. The number of aromatic nitrogens is 2. The highest BCUT2D eigenvalue weighted by Gasteiger charge is 2.28. The standard InChI is InChI=1S/C17H21F2N3O2/c1-17(2,3)24-16(23)22-6-4-10(5-7-22)15-20-13-8-11(18)12(19)9-14(13)21-15/h8-10H,4-7H2,1-3H3,(H,20,21). The molecule has 3 rings (SSSR count). The highest BCUT2D eigenvalue weighted by molar-refractivity contribution is 5.75. The normalized spacial score (nSPS) is 16.6. The number of likely N-dealkylation sites (tertiary alicyclic amines) is 1. The van der Waals surface area contributed by atoms with E-state index in [-0.39, 0.29) is 12.0 Å². The van der Waals surface area contributed by atoms with E-state index in [0.717, 1.165) is 25.0 Å². The lowest BCUT2D eigenvalue weighted by Gasteiger charge is -2.32. The maximum Gasteiger partial charge on any atom is 0.410 e. The SMILES string of the molecule is CC(C)(C)OC(=O)N1CCC(c2nc3cc(F)c(F)cc3[nH]2)CC1. The lowest BCUT2D eigenvalue weighted by atomic mass is 9.96. The van der Waals surface area contributed by atoms with Gasteiger partial charge in [-0.05, 0) is 33.6 Å². The van der Waals surface area contributed by atoms with Crippen LogP contribution in [0.2, 0.25) is 0 Å². The molecule has 1 amide bonds. The van der Waals surface area contributed by atoms with Crippen LogP contribution in [0.4, 0.5) is 13.6 Å². The Morgan fingerprint density at radius 3 is 2.50 bits per heavy atom. The predicted molar refractivity (Wildman–Crippen MR) is 85.8 cm³/mol. The molecule has 0 saturated carbocycles. The second-order valence-electron chi connectivity index (χ2n) is 7.15. The third-order valence-electron chi connectivity index (χ3n) is 4.08. The number of carbonyl (C=O) groups is 1. The second-order valence-corrected chi connectivity index (χ2v) is 7.15. The van der Waals surface area contributed by atoms with E-state index in [1.165, 1.54) is 0 Å². The van der Waals surface area contributed by atoms with E-state index in [0.29, 0.717) is 29.9 Å². The number of halogens is 2. The van der Waals surface area contributed by atoms with Crippen molar-refractivity contribution in [1.82, 2.24) is 14.9 Å². The van der Waals surface area contributed by atoms with Gasteiger partial charge in [-0.25, -0.2) is 18.6 Å². The third-order valence-corrected chi connectivity index (χ3v) is 4.08. The minimum atomic E-state index is -0.903. The molecule has 1 aromatic carbocycles. The molecular formula is C17H21F2N3O2. The summed E-state index contributed by atoms with van der Waals surface area (Å²) < 4.78 is 32.0. The molecule has 0 atom stereocenters. The average molecular weight is 337 g/mol. The Labute approximate surface area is 139 Å². The Bertz CT molecular complexity index is 720. The molecule has 1 fully saturated rings. The Hall–Kier alpha value is -2.18. The fourth-order valence-corrected chi connectivity index (χ4v) is 2.88. The van der Waals surface area contributed by atoms with Gasteiger partial charge in [-0.2, -0.15) is 0 Å². The maximum atomic E-state index is 13.3. The van der Waals surface area contributed by atoms with Crippen LogP contribution in [-0.2, 0) is 4.74 Å². The summed E-state index contributed by atoms with van der Waals surface area (Å²) in [6.07, 6.45) is 1.14. The van der Waals surface area contributed by atoms with Crippen molar-refractivity contribution in [3.05, 3.63) is 29.6 Å². The van der Waals surface area contributed by atoms with Gasteiger partial charge in [0.05, 0.1) is 11.0 Å². The second kappa shape index (κ2) is 6.03. The molecule has 0 spiro atoms. The number of carbonyl (C=O) groups excluding carboxylic acids is 1. The molecule has 0 radical (unpaired) electrons. The van der Waals surface area contributed by atoms with Crippen molar-refractivity contribution in [2.45, 2.75) is 45.1 Å². The molecule has 0 bridgehead atoms. The minimum Gasteiger partial charge on any atom is -0.444 e. The lowest BCUT2D eigenvalue weighted by Crippen LogP contribution is -2.41. The number of amides is 1. The summed E-state index contributed by atoms with van der Waals surface area (Å²) in [7, 11) is 0. The summed E-state index contributed by atoms with van der Waals surface area (Å²) in [4.78, 5) is 21.2. The zero-order valence-corrected chi connectivity index (χ0v) is 14.0. The van der Waals surface area contributed by atoms with Crippen LogP contribution in [0.3, 0.4) is 0 Å². The van der Waals surface area contributed by atoms with Gasteiger partial charge in [-0.15, -0.1) is 0 Å². The molecule has 1 aliphatic rings. The molecule has 2 aromatic rings. The van der Waals surface area contributed by atoms with Crippen molar-refractivity contribution in [3.8, 4) is 0 Å². The molecule has 1 aliphatic heterocycles. The molecular weight excluding hydrogens is 316 g/mol. The average Bonchev–Trinajstić information content (AvgIpc) is 2.89. The number of H-pyrrole nitrogens is 1. The summed E-state index contributed by atoms with van der Waals surface area (Å²) >= 11 is 0. The molecule has 5 nitrogen and oxygen atoms in total. The zero-order valence-electron chi connectivity index (χ0n) is 14.0. The number of imidazole rings is 1. The first-order valence-corrected chi connectivity index (χ1v) is 8.05. The van der Waals surface area contributed by atoms with E-state index in [4.69, 9.17) is 4.74 Å². The van der Waals surface area contributed by atoms with E-state index >= 15 is 0 Å². The largest absolute Gasteiger partial charge is 0.444 e. The van der Waals surface area contributed by atoms with E-state index in [1.54, 1.807) is 4.90 Å². The van der Waals surface area contributed by atoms with E-state index in [9.17, 15) is 13.6 Å². The van der Waals surface area contributed by atoms with Crippen LogP contribution in [0.15, 0.2) is 12.1 Å². The smallest absolute Gasteiger partial charge is 0.410 e. The van der Waals surface area contributed by atoms with Gasteiger partial charge in [0.15, 0.2) is 11.6 Å². The van der Waals surface area contributed by atoms with Crippen LogP contribution in [0.25, 0.3) is 11.0 Å². The van der Waals surface area contributed by atoms with Crippen molar-refractivity contribution in [1.29, 1.82) is 0 Å². The molecule has 1 N–H and O–H groups in total. The topological polar surface area (TPSA) is 58.2 Å². The van der Waals surface area contributed by atoms with Crippen molar-refractivity contribution < 1.29 is 18.3 Å². The zero-order chi connectivity index (χ0) is 17.5. The van der Waals surface area contributed by atoms with Gasteiger partial charge < -0.3 is 14.6 Å². The summed E-state index contributed by atoms with van der Waals surface area (Å²) in [6.45, 7) is 6.65. The molecule has 0 unspecified atom stereocenters. The number of rotatable bonds is 1. The third kappa shape index (κ3) is 3.49. The van der Waals surface area contributed by atoms with Crippen LogP contribution in [0.1, 0.15) is 45.4 Å². The molecule has 130 valence electrons. The van der Waals surface area contributed by atoms with Gasteiger partial charge in [-0.3, -0.25) is 0 Å². The Morgan fingerprint density at radius 1 is 1.25 bits per heavy atom. The van der Waals surface area contributed by atoms with Crippen LogP contribution < -0.4 is 0 Å². The monoisotopic (exact) mass is 337 g/mol. The fourth-order valence-electron chi connectivity index (χ4n) is 2.88. The van der Waals surface area contributed by atoms with E-state index in [1.807, 2.05) is 20.8 Å². The van der Waals surface area contributed by atoms with Crippen LogP contribution >= 0.6 is 0 Å². The number of hydrogen-bond acceptors (Lipinski definition) is 3. The first-order valence-electron chi connectivity index (χ1n) is 8.05. The Kier molecular flexibility index (Phi) is 4.19. The highest BCUT2D eigenvalue weighted by atomic mass is 19.2. The van der Waals surface area contributed by atoms with Gasteiger partial charge in [0.2, 0.25) is 0 Å². The molecule has 24 heavy (non-hydrogen) atoms. The van der Waals surface area contributed by atoms with Crippen LogP contribution in [-0.4, -0.2) is 39.7 Å². The summed E-state index contributed by atoms with van der Waals surface area (Å²) in [5.41, 5.74) is 0.387. The van der Waals surface area contributed by atoms with E-state index < -0.39 is 17.2 Å². The van der Waals surface area contributed by atoms with Gasteiger partial charge in [-0.1, -0.05) is 0 Å². The van der Waals surface area contributed by atoms with Gasteiger partial charge in [0.25, 0.3) is 0 Å². The quantitative estimate of drug-likeness (QED) is 0.857. The minimum absolute atomic E-state index is 0.127. The number of ether oxygens (including phenoxy) is 1. The molecule has 1 saturated heterocycles. The molecule has 0 aliphatic carbocycles. The maximum absolute atomic E-state index is 13.3. The fraction of sp³-hybridized carbons (Fsp3) is 0.529. The first kappa shape index (κ1) is 16.7. The van der Waals surface area contributed by atoms with Gasteiger partial charge in [0, 0.05) is 31.1 Å². The number of nitrogens with zero attached hydrogens (tertiary/aromatic N) is 2. The predicted octanol–water partition coefficient (Wildman–Crippen LogP) is 3.96. The number of hydrogen-bond donors (Lipinski definition) is 1. The highest BCUT2D eigenvalue weighted by Crippen LogP contribution is 2.29. The van der Waals surface area contributed by atoms with Crippen LogP contribution in [0, 0.1) is 11.6 Å². The number of benzene rings is 1. The van der Waals surface area contributed by atoms with Crippen molar-refractivity contribution in [3.63, 3.8) is 0 Å². The summed E-state index contributed by atoms with van der Waals surface area (Å²) in [6, 6.07) is 2.22. The van der Waals surface area contributed by atoms with Crippen LogP contribution in [0.5, 0.6) is 0 Å². The number of aromatic amines is 1. The summed E-state index contributed by atoms with van der Waals surface area (Å²) in [5.74, 6) is -0.959. The van der Waals surface area contributed by atoms with Gasteiger partial charge >= 0.3 is 6.09 Å². The number of piperidine rings is 1. The number of fused-ring (bicyclic) bond motifs is 1. The molecule has 7 heteroatoms. The van der Waals surface area contributed by atoms with Crippen molar-refractivity contribution in [2.24, 2.45) is 0 Å². The lowest BCUT2D eigenvalue weighted by molar-refractivity contribution is 0.0203. The van der Waals surface area contributed by atoms with E-state index in [2.05, 4.69) is 9.97 Å². The molecule has 1 aromatic heterocycles. The summed E-state index contributed by atoms with van der Waals surface area (Å²) in [5, 5.41) is 0. The van der Waals surface area contributed by atoms with Crippen molar-refractivity contribution in [2.75, 3.05) is 13.1 Å².